The molecule has 9 heteroatoms. The molecule has 4 rings (SSSR count). The van der Waals surface area contributed by atoms with Crippen LogP contribution in [0, 0.1) is 5.92 Å². The molecule has 2 N–H and O–H groups in total. The normalized spacial score (nSPS) is 15.7. The van der Waals surface area contributed by atoms with E-state index < -0.39 is 0 Å². The van der Waals surface area contributed by atoms with Gasteiger partial charge in [0.1, 0.15) is 0 Å². The SMILES string of the molecule is Cn1cc(-c2cncc3nc(NC(=O)C4CCNCC4)nn23)cn1. The Morgan fingerprint density at radius 1 is 1.29 bits per heavy atom. The lowest BCUT2D eigenvalue weighted by molar-refractivity contribution is -0.120. The third-order valence-electron chi connectivity index (χ3n) is 4.19. The zero-order chi connectivity index (χ0) is 16.5. The van der Waals surface area contributed by atoms with Crippen LogP contribution in [0.2, 0.25) is 0 Å². The molecule has 24 heavy (non-hydrogen) atoms. The second-order valence-electron chi connectivity index (χ2n) is 5.91. The van der Waals surface area contributed by atoms with Crippen molar-refractivity contribution < 1.29 is 4.79 Å². The number of piperidine rings is 1. The number of amides is 1. The fourth-order valence-corrected chi connectivity index (χ4v) is 2.91. The molecule has 3 aromatic heterocycles. The molecule has 4 heterocycles. The van der Waals surface area contributed by atoms with E-state index in [2.05, 4.69) is 30.8 Å². The Labute approximate surface area is 138 Å². The second kappa shape index (κ2) is 6.00. The van der Waals surface area contributed by atoms with E-state index in [1.165, 1.54) is 0 Å². The first-order chi connectivity index (χ1) is 11.7. The van der Waals surface area contributed by atoms with Crippen LogP contribution < -0.4 is 10.6 Å². The van der Waals surface area contributed by atoms with Crippen molar-refractivity contribution in [2.45, 2.75) is 12.8 Å². The van der Waals surface area contributed by atoms with E-state index in [9.17, 15) is 4.79 Å². The molecule has 0 bridgehead atoms. The number of nitrogens with one attached hydrogen (secondary N) is 2. The third kappa shape index (κ3) is 2.73. The molecule has 0 atom stereocenters. The van der Waals surface area contributed by atoms with Gasteiger partial charge in [0.2, 0.25) is 11.9 Å². The van der Waals surface area contributed by atoms with E-state index >= 15 is 0 Å². The molecule has 0 unspecified atom stereocenters. The van der Waals surface area contributed by atoms with Gasteiger partial charge in [0.25, 0.3) is 0 Å². The van der Waals surface area contributed by atoms with Gasteiger partial charge in [0, 0.05) is 24.7 Å². The number of fused-ring (bicyclic) bond motifs is 1. The summed E-state index contributed by atoms with van der Waals surface area (Å²) in [5, 5.41) is 14.7. The zero-order valence-corrected chi connectivity index (χ0v) is 13.3. The number of hydrogen-bond acceptors (Lipinski definition) is 6. The summed E-state index contributed by atoms with van der Waals surface area (Å²) in [4.78, 5) is 20.9. The second-order valence-corrected chi connectivity index (χ2v) is 5.91. The van der Waals surface area contributed by atoms with Gasteiger partial charge in [0.05, 0.1) is 24.3 Å². The lowest BCUT2D eigenvalue weighted by atomic mass is 9.97. The van der Waals surface area contributed by atoms with E-state index in [0.717, 1.165) is 37.2 Å². The van der Waals surface area contributed by atoms with Crippen molar-refractivity contribution in [3.63, 3.8) is 0 Å². The molecule has 1 aliphatic heterocycles. The van der Waals surface area contributed by atoms with Gasteiger partial charge in [-0.15, -0.1) is 5.10 Å². The summed E-state index contributed by atoms with van der Waals surface area (Å²) in [6.07, 6.45) is 8.62. The van der Waals surface area contributed by atoms with Gasteiger partial charge in [-0.2, -0.15) is 10.1 Å². The van der Waals surface area contributed by atoms with Gasteiger partial charge < -0.3 is 5.32 Å². The molecular formula is C15H18N8O. The van der Waals surface area contributed by atoms with Crippen LogP contribution in [0.15, 0.2) is 24.8 Å². The third-order valence-corrected chi connectivity index (χ3v) is 4.19. The number of rotatable bonds is 3. The first-order valence-corrected chi connectivity index (χ1v) is 7.92. The van der Waals surface area contributed by atoms with Crippen LogP contribution in [0.5, 0.6) is 0 Å². The van der Waals surface area contributed by atoms with Crippen molar-refractivity contribution >= 4 is 17.5 Å². The lowest BCUT2D eigenvalue weighted by Gasteiger charge is -2.20. The van der Waals surface area contributed by atoms with Gasteiger partial charge >= 0.3 is 0 Å². The number of carbonyl (C=O) groups excluding carboxylic acids is 1. The number of hydrogen-bond donors (Lipinski definition) is 2. The molecular weight excluding hydrogens is 308 g/mol. The zero-order valence-electron chi connectivity index (χ0n) is 13.3. The summed E-state index contributed by atoms with van der Waals surface area (Å²) in [7, 11) is 1.85. The predicted molar refractivity (Wildman–Crippen MR) is 87.2 cm³/mol. The maximum absolute atomic E-state index is 12.3. The molecule has 0 aromatic carbocycles. The van der Waals surface area contributed by atoms with Crippen LogP contribution in [0.3, 0.4) is 0 Å². The average Bonchev–Trinajstić information content (AvgIpc) is 3.21. The van der Waals surface area contributed by atoms with Gasteiger partial charge in [-0.1, -0.05) is 0 Å². The van der Waals surface area contributed by atoms with Gasteiger partial charge in [-0.25, -0.2) is 4.52 Å². The Morgan fingerprint density at radius 3 is 2.88 bits per heavy atom. The number of nitrogens with zero attached hydrogens (tertiary/aromatic N) is 6. The summed E-state index contributed by atoms with van der Waals surface area (Å²) in [6.45, 7) is 1.73. The monoisotopic (exact) mass is 326 g/mol. The van der Waals surface area contributed by atoms with Crippen LogP contribution in [-0.4, -0.2) is 48.4 Å². The molecule has 9 nitrogen and oxygen atoms in total. The van der Waals surface area contributed by atoms with Gasteiger partial charge in [0.15, 0.2) is 5.65 Å². The van der Waals surface area contributed by atoms with Gasteiger partial charge in [-0.05, 0) is 25.9 Å². The number of aromatic nitrogens is 6. The van der Waals surface area contributed by atoms with E-state index in [0.29, 0.717) is 11.6 Å². The molecule has 0 radical (unpaired) electrons. The largest absolute Gasteiger partial charge is 0.317 e. The Hall–Kier alpha value is -2.81. The van der Waals surface area contributed by atoms with Crippen molar-refractivity contribution in [1.29, 1.82) is 0 Å². The first kappa shape index (κ1) is 14.8. The summed E-state index contributed by atoms with van der Waals surface area (Å²) >= 11 is 0. The first-order valence-electron chi connectivity index (χ1n) is 7.92. The minimum atomic E-state index is -0.0247. The smallest absolute Gasteiger partial charge is 0.249 e. The van der Waals surface area contributed by atoms with E-state index in [4.69, 9.17) is 0 Å². The topological polar surface area (TPSA) is 102 Å². The fourth-order valence-electron chi connectivity index (χ4n) is 2.91. The van der Waals surface area contributed by atoms with Crippen LogP contribution in [0.1, 0.15) is 12.8 Å². The molecule has 1 fully saturated rings. The molecule has 124 valence electrons. The highest BCUT2D eigenvalue weighted by Crippen LogP contribution is 2.19. The van der Waals surface area contributed by atoms with Crippen molar-refractivity contribution in [2.75, 3.05) is 18.4 Å². The molecule has 0 spiro atoms. The molecule has 1 amide bonds. The highest BCUT2D eigenvalue weighted by atomic mass is 16.2. The van der Waals surface area contributed by atoms with Crippen LogP contribution in [-0.2, 0) is 11.8 Å². The maximum atomic E-state index is 12.3. The Balaban J connectivity index is 1.62. The quantitative estimate of drug-likeness (QED) is 0.725. The van der Waals surface area contributed by atoms with Crippen molar-refractivity contribution in [3.05, 3.63) is 24.8 Å². The Kier molecular flexibility index (Phi) is 3.69. The summed E-state index contributed by atoms with van der Waals surface area (Å²) < 4.78 is 3.38. The molecule has 0 saturated carbocycles. The van der Waals surface area contributed by atoms with E-state index in [1.807, 2.05) is 13.2 Å². The molecule has 1 aliphatic rings. The minimum Gasteiger partial charge on any atom is -0.317 e. The van der Waals surface area contributed by atoms with Gasteiger partial charge in [-0.3, -0.25) is 19.8 Å². The van der Waals surface area contributed by atoms with E-state index in [-0.39, 0.29) is 11.8 Å². The summed E-state index contributed by atoms with van der Waals surface area (Å²) in [6, 6.07) is 0. The van der Waals surface area contributed by atoms with Crippen molar-refractivity contribution in [2.24, 2.45) is 13.0 Å². The molecule has 0 aliphatic carbocycles. The highest BCUT2D eigenvalue weighted by molar-refractivity contribution is 5.91. The number of anilines is 1. The van der Waals surface area contributed by atoms with Crippen molar-refractivity contribution in [3.8, 4) is 11.3 Å². The lowest BCUT2D eigenvalue weighted by Crippen LogP contribution is -2.34. The Morgan fingerprint density at radius 2 is 2.12 bits per heavy atom. The molecule has 3 aromatic rings. The Bertz CT molecular complexity index is 877. The average molecular weight is 326 g/mol. The van der Waals surface area contributed by atoms with Crippen LogP contribution in [0.4, 0.5) is 5.95 Å². The fraction of sp³-hybridized carbons (Fsp3) is 0.400. The summed E-state index contributed by atoms with van der Waals surface area (Å²) in [5.74, 6) is 0.286. The number of carbonyl (C=O) groups is 1. The van der Waals surface area contributed by atoms with Crippen LogP contribution >= 0.6 is 0 Å². The summed E-state index contributed by atoms with van der Waals surface area (Å²) in [5.41, 5.74) is 2.24. The molecule has 1 saturated heterocycles. The minimum absolute atomic E-state index is 0.00813. The maximum Gasteiger partial charge on any atom is 0.249 e. The number of aryl methyl sites for hydroxylation is 1. The standard InChI is InChI=1S/C15H18N8O/c1-22-9-11(6-18-22)12-7-17-8-13-19-15(21-23(12)13)20-14(24)10-2-4-16-5-3-10/h6-10,16H,2-5H2,1H3,(H,20,21,24). The predicted octanol–water partition coefficient (Wildman–Crippen LogP) is 0.463. The van der Waals surface area contributed by atoms with E-state index in [1.54, 1.807) is 27.8 Å². The highest BCUT2D eigenvalue weighted by Gasteiger charge is 2.22. The van der Waals surface area contributed by atoms with Crippen molar-refractivity contribution in [1.82, 2.24) is 34.7 Å². The van der Waals surface area contributed by atoms with Crippen LogP contribution in [0.25, 0.3) is 16.9 Å².